The lowest BCUT2D eigenvalue weighted by molar-refractivity contribution is 0.302. The molecule has 0 fully saturated rings. The van der Waals surface area contributed by atoms with Crippen LogP contribution in [0.15, 0.2) is 0 Å². The van der Waals surface area contributed by atoms with E-state index in [-0.39, 0.29) is 0 Å². The van der Waals surface area contributed by atoms with E-state index >= 15 is 0 Å². The summed E-state index contributed by atoms with van der Waals surface area (Å²) in [5, 5.41) is 0. The third-order valence-electron chi connectivity index (χ3n) is 1.27. The van der Waals surface area contributed by atoms with Gasteiger partial charge in [0, 0.05) is 7.11 Å². The zero-order valence-corrected chi connectivity index (χ0v) is 7.17. The van der Waals surface area contributed by atoms with E-state index in [1.54, 1.807) is 0 Å². The molecule has 0 bridgehead atoms. The van der Waals surface area contributed by atoms with Crippen LogP contribution < -0.4 is 5.73 Å². The zero-order chi connectivity index (χ0) is 8.20. The second kappa shape index (κ2) is 4.09. The molecule has 0 rings (SSSR count). The normalized spacial score (nSPS) is 20.0. The summed E-state index contributed by atoms with van der Waals surface area (Å²) in [6.07, 6.45) is 1.30. The maximum absolute atomic E-state index is 10.9. The molecule has 0 saturated carbocycles. The van der Waals surface area contributed by atoms with Gasteiger partial charge in [0.2, 0.25) is 0 Å². The Hall–Kier alpha value is 0.110. The molecule has 0 aromatic carbocycles. The molecule has 0 aliphatic rings. The molecule has 2 unspecified atom stereocenters. The van der Waals surface area contributed by atoms with Gasteiger partial charge in [-0.2, -0.15) is 0 Å². The number of rotatable bonds is 4. The maximum Gasteiger partial charge on any atom is 0.344 e. The summed E-state index contributed by atoms with van der Waals surface area (Å²) in [6, 6.07) is 0. The van der Waals surface area contributed by atoms with Crippen LogP contribution in [0.1, 0.15) is 19.8 Å². The smallest absolute Gasteiger partial charge is 0.323 e. The van der Waals surface area contributed by atoms with Crippen molar-refractivity contribution in [1.82, 2.24) is 0 Å². The van der Waals surface area contributed by atoms with Gasteiger partial charge in [0.1, 0.15) is 5.78 Å². The second-order valence-corrected chi connectivity index (χ2v) is 4.26. The van der Waals surface area contributed by atoms with Crippen LogP contribution in [0.2, 0.25) is 0 Å². The second-order valence-electron chi connectivity index (χ2n) is 2.10. The third kappa shape index (κ3) is 2.80. The van der Waals surface area contributed by atoms with Crippen molar-refractivity contribution in [3.05, 3.63) is 0 Å². The summed E-state index contributed by atoms with van der Waals surface area (Å²) in [4.78, 5) is 8.93. The van der Waals surface area contributed by atoms with E-state index in [9.17, 15) is 4.57 Å². The lowest BCUT2D eigenvalue weighted by Crippen LogP contribution is -2.20. The van der Waals surface area contributed by atoms with Crippen LogP contribution >= 0.6 is 7.60 Å². The van der Waals surface area contributed by atoms with Gasteiger partial charge in [0.15, 0.2) is 0 Å². The lowest BCUT2D eigenvalue weighted by Gasteiger charge is -2.15. The predicted molar refractivity (Wildman–Crippen MR) is 39.7 cm³/mol. The summed E-state index contributed by atoms with van der Waals surface area (Å²) in [6.45, 7) is 1.90. The van der Waals surface area contributed by atoms with Gasteiger partial charge in [-0.3, -0.25) is 4.57 Å². The minimum absolute atomic E-state index is 0.515. The topological polar surface area (TPSA) is 72.6 Å². The van der Waals surface area contributed by atoms with Crippen molar-refractivity contribution in [2.24, 2.45) is 5.73 Å². The number of hydrogen-bond acceptors (Lipinski definition) is 3. The molecule has 0 aliphatic heterocycles. The van der Waals surface area contributed by atoms with Crippen molar-refractivity contribution in [1.29, 1.82) is 0 Å². The van der Waals surface area contributed by atoms with Crippen molar-refractivity contribution >= 4 is 7.60 Å². The fourth-order valence-electron chi connectivity index (χ4n) is 0.594. The van der Waals surface area contributed by atoms with E-state index in [0.717, 1.165) is 6.42 Å². The van der Waals surface area contributed by atoms with Crippen molar-refractivity contribution in [2.75, 3.05) is 7.11 Å². The molecule has 62 valence electrons. The number of nitrogens with two attached hydrogens (primary N) is 1. The van der Waals surface area contributed by atoms with Gasteiger partial charge < -0.3 is 15.2 Å². The molecule has 0 aromatic heterocycles. The van der Waals surface area contributed by atoms with Crippen molar-refractivity contribution in [2.45, 2.75) is 25.5 Å². The SMILES string of the molecule is CCCC(N)P(=O)(O)OC. The van der Waals surface area contributed by atoms with Gasteiger partial charge in [0.25, 0.3) is 0 Å². The first kappa shape index (κ1) is 10.1. The van der Waals surface area contributed by atoms with Crippen LogP contribution in [0, 0.1) is 0 Å². The Morgan fingerprint density at radius 1 is 1.80 bits per heavy atom. The third-order valence-corrected chi connectivity index (χ3v) is 2.88. The lowest BCUT2D eigenvalue weighted by atomic mass is 10.3. The van der Waals surface area contributed by atoms with Crippen LogP contribution in [0.5, 0.6) is 0 Å². The Labute approximate surface area is 60.9 Å². The Morgan fingerprint density at radius 3 is 2.60 bits per heavy atom. The summed E-state index contributed by atoms with van der Waals surface area (Å²) in [7, 11) is -2.31. The molecular weight excluding hydrogens is 153 g/mol. The minimum Gasteiger partial charge on any atom is -0.323 e. The summed E-state index contributed by atoms with van der Waals surface area (Å²) in [5.74, 6) is -0.734. The van der Waals surface area contributed by atoms with E-state index in [0.29, 0.717) is 6.42 Å². The van der Waals surface area contributed by atoms with Crippen molar-refractivity contribution in [3.63, 3.8) is 0 Å². The van der Waals surface area contributed by atoms with E-state index in [1.807, 2.05) is 6.92 Å². The Bertz CT molecular complexity index is 139. The molecule has 4 nitrogen and oxygen atoms in total. The molecule has 5 heteroatoms. The monoisotopic (exact) mass is 167 g/mol. The van der Waals surface area contributed by atoms with E-state index in [2.05, 4.69) is 4.52 Å². The highest BCUT2D eigenvalue weighted by atomic mass is 31.2. The van der Waals surface area contributed by atoms with Gasteiger partial charge in [-0.15, -0.1) is 0 Å². The molecule has 0 heterocycles. The molecular formula is C5H14NO3P. The average Bonchev–Trinajstić information content (AvgIpc) is 1.89. The fraction of sp³-hybridized carbons (Fsp3) is 1.00. The van der Waals surface area contributed by atoms with Crippen LogP contribution in [0.3, 0.4) is 0 Å². The quantitative estimate of drug-likeness (QED) is 0.610. The van der Waals surface area contributed by atoms with Crippen molar-refractivity contribution in [3.8, 4) is 0 Å². The standard InChI is InChI=1S/C5H14NO3P/c1-3-4-5(6)10(7,8)9-2/h5H,3-4,6H2,1-2H3,(H,7,8). The summed E-state index contributed by atoms with van der Waals surface area (Å²) < 4.78 is 15.2. The van der Waals surface area contributed by atoms with Gasteiger partial charge in [-0.1, -0.05) is 13.3 Å². The van der Waals surface area contributed by atoms with E-state index in [1.165, 1.54) is 7.11 Å². The van der Waals surface area contributed by atoms with Crippen LogP contribution in [-0.2, 0) is 9.09 Å². The average molecular weight is 167 g/mol. The van der Waals surface area contributed by atoms with Gasteiger partial charge >= 0.3 is 7.60 Å². The molecule has 2 atom stereocenters. The molecule has 3 N–H and O–H groups in total. The minimum atomic E-state index is -3.50. The van der Waals surface area contributed by atoms with E-state index < -0.39 is 13.4 Å². The molecule has 10 heavy (non-hydrogen) atoms. The Kier molecular flexibility index (Phi) is 4.13. The Balaban J connectivity index is 3.91. The molecule has 0 amide bonds. The van der Waals surface area contributed by atoms with Crippen LogP contribution in [-0.4, -0.2) is 17.8 Å². The van der Waals surface area contributed by atoms with Gasteiger partial charge in [-0.25, -0.2) is 0 Å². The summed E-state index contributed by atoms with van der Waals surface area (Å²) in [5.41, 5.74) is 5.33. The van der Waals surface area contributed by atoms with E-state index in [4.69, 9.17) is 10.6 Å². The summed E-state index contributed by atoms with van der Waals surface area (Å²) >= 11 is 0. The molecule has 0 aromatic rings. The van der Waals surface area contributed by atoms with Crippen LogP contribution in [0.25, 0.3) is 0 Å². The zero-order valence-electron chi connectivity index (χ0n) is 6.28. The fourth-order valence-corrected chi connectivity index (χ4v) is 1.45. The highest BCUT2D eigenvalue weighted by molar-refractivity contribution is 7.53. The molecule has 0 radical (unpaired) electrons. The first-order valence-corrected chi connectivity index (χ1v) is 4.83. The molecule has 0 saturated heterocycles. The molecule has 0 aliphatic carbocycles. The largest absolute Gasteiger partial charge is 0.344 e. The highest BCUT2D eigenvalue weighted by Gasteiger charge is 2.26. The number of hydrogen-bond donors (Lipinski definition) is 2. The highest BCUT2D eigenvalue weighted by Crippen LogP contribution is 2.45. The predicted octanol–water partition coefficient (Wildman–Crippen LogP) is 0.903. The first-order chi connectivity index (χ1) is 4.54. The van der Waals surface area contributed by atoms with Crippen molar-refractivity contribution < 1.29 is 14.0 Å². The van der Waals surface area contributed by atoms with Gasteiger partial charge in [-0.05, 0) is 6.42 Å². The van der Waals surface area contributed by atoms with Gasteiger partial charge in [0.05, 0.1) is 0 Å². The maximum atomic E-state index is 10.9. The molecule has 0 spiro atoms. The van der Waals surface area contributed by atoms with Crippen LogP contribution in [0.4, 0.5) is 0 Å². The first-order valence-electron chi connectivity index (χ1n) is 3.18. The Morgan fingerprint density at radius 2 is 2.30 bits per heavy atom.